The Morgan fingerprint density at radius 3 is 2.13 bits per heavy atom. The number of hydrogen-bond donors (Lipinski definition) is 6. The average Bonchev–Trinajstić information content (AvgIpc) is 2.94. The summed E-state index contributed by atoms with van der Waals surface area (Å²) in [5, 5.41) is 63.3. The van der Waals surface area contributed by atoms with Crippen LogP contribution in [0.1, 0.15) is 106 Å². The quantitative estimate of drug-likeness (QED) is 0.192. The Balaban J connectivity index is 1.31. The fourth-order valence-corrected chi connectivity index (χ4v) is 12.3. The third kappa shape index (κ3) is 4.49. The molecule has 1 saturated heterocycles. The average molecular weight is 649 g/mol. The van der Waals surface area contributed by atoms with E-state index in [4.69, 9.17) is 9.47 Å². The summed E-state index contributed by atoms with van der Waals surface area (Å²) in [6, 6.07) is 0. The highest BCUT2D eigenvalue weighted by molar-refractivity contribution is 5.77. The molecule has 260 valence electrons. The second kappa shape index (κ2) is 10.7. The van der Waals surface area contributed by atoms with Gasteiger partial charge in [-0.2, -0.15) is 0 Å². The first kappa shape index (κ1) is 34.3. The van der Waals surface area contributed by atoms with Crippen molar-refractivity contribution >= 4 is 11.9 Å². The van der Waals surface area contributed by atoms with Gasteiger partial charge in [0, 0.05) is 0 Å². The van der Waals surface area contributed by atoms with Crippen molar-refractivity contribution in [1.29, 1.82) is 0 Å². The lowest BCUT2D eigenvalue weighted by atomic mass is 9.33. The molecule has 4 saturated carbocycles. The van der Waals surface area contributed by atoms with Crippen LogP contribution in [0.2, 0.25) is 0 Å². The maximum atomic E-state index is 13.0. The monoisotopic (exact) mass is 648 g/mol. The minimum atomic E-state index is -1.77. The molecular weight excluding hydrogens is 592 g/mol. The molecule has 1 aliphatic heterocycles. The minimum Gasteiger partial charge on any atom is -0.481 e. The number of aliphatic hydroxyl groups excluding tert-OH is 4. The minimum absolute atomic E-state index is 0.000462. The number of ether oxygens (including phenoxy) is 2. The predicted molar refractivity (Wildman–Crippen MR) is 167 cm³/mol. The second-order valence-corrected chi connectivity index (χ2v) is 18.0. The van der Waals surface area contributed by atoms with Gasteiger partial charge in [-0.25, -0.2) is 4.79 Å². The van der Waals surface area contributed by atoms with Gasteiger partial charge in [0.2, 0.25) is 0 Å². The number of carbonyl (C=O) groups is 2. The van der Waals surface area contributed by atoms with Gasteiger partial charge in [-0.05, 0) is 103 Å². The van der Waals surface area contributed by atoms with Crippen molar-refractivity contribution in [3.8, 4) is 0 Å². The normalized spacial score (nSPS) is 52.6. The highest BCUT2D eigenvalue weighted by Gasteiger charge is 2.71. The highest BCUT2D eigenvalue weighted by atomic mass is 16.7. The van der Waals surface area contributed by atoms with Gasteiger partial charge in [0.1, 0.15) is 23.7 Å². The van der Waals surface area contributed by atoms with Gasteiger partial charge < -0.3 is 40.1 Å². The van der Waals surface area contributed by atoms with Crippen LogP contribution in [0.25, 0.3) is 0 Å². The lowest BCUT2D eigenvalue weighted by Crippen LogP contribution is -2.68. The maximum Gasteiger partial charge on any atom is 0.335 e. The molecule has 6 rings (SSSR count). The molecule has 10 heteroatoms. The van der Waals surface area contributed by atoms with Crippen LogP contribution in [0.4, 0.5) is 0 Å². The first-order valence-electron chi connectivity index (χ1n) is 17.4. The number of fused-ring (bicyclic) bond motifs is 7. The molecule has 5 aliphatic carbocycles. The molecule has 6 aliphatic rings. The molecule has 0 radical (unpaired) electrons. The van der Waals surface area contributed by atoms with Crippen molar-refractivity contribution in [2.75, 3.05) is 0 Å². The molecule has 14 atom stereocenters. The lowest BCUT2D eigenvalue weighted by Gasteiger charge is -2.71. The molecule has 5 unspecified atom stereocenters. The highest BCUT2D eigenvalue weighted by Crippen LogP contribution is 2.76. The smallest absolute Gasteiger partial charge is 0.335 e. The molecule has 0 aromatic heterocycles. The summed E-state index contributed by atoms with van der Waals surface area (Å²) < 4.78 is 11.9. The van der Waals surface area contributed by atoms with Crippen molar-refractivity contribution in [3.05, 3.63) is 11.6 Å². The van der Waals surface area contributed by atoms with Gasteiger partial charge in [0.25, 0.3) is 0 Å². The molecule has 0 aromatic carbocycles. The van der Waals surface area contributed by atoms with E-state index in [1.807, 2.05) is 0 Å². The molecule has 0 amide bonds. The van der Waals surface area contributed by atoms with Crippen molar-refractivity contribution in [2.24, 2.45) is 50.2 Å². The maximum absolute atomic E-state index is 13.0. The zero-order valence-corrected chi connectivity index (χ0v) is 28.5. The van der Waals surface area contributed by atoms with Crippen LogP contribution in [0, 0.1) is 50.2 Å². The zero-order chi connectivity index (χ0) is 34.0. The van der Waals surface area contributed by atoms with Crippen LogP contribution >= 0.6 is 0 Å². The van der Waals surface area contributed by atoms with E-state index >= 15 is 0 Å². The summed E-state index contributed by atoms with van der Waals surface area (Å²) in [6.07, 6.45) is -0.460. The van der Waals surface area contributed by atoms with Gasteiger partial charge >= 0.3 is 11.9 Å². The van der Waals surface area contributed by atoms with E-state index in [9.17, 15) is 40.2 Å². The van der Waals surface area contributed by atoms with Crippen molar-refractivity contribution in [3.63, 3.8) is 0 Å². The summed E-state index contributed by atoms with van der Waals surface area (Å²) >= 11 is 0. The topological polar surface area (TPSA) is 174 Å². The van der Waals surface area contributed by atoms with Crippen molar-refractivity contribution < 1.29 is 49.7 Å². The van der Waals surface area contributed by atoms with Gasteiger partial charge in [-0.3, -0.25) is 4.79 Å². The van der Waals surface area contributed by atoms with Crippen molar-refractivity contribution in [2.45, 2.75) is 149 Å². The van der Waals surface area contributed by atoms with E-state index in [-0.39, 0.29) is 45.0 Å². The second-order valence-electron chi connectivity index (χ2n) is 18.0. The number of hydrogen-bond acceptors (Lipinski definition) is 8. The molecular formula is C36H56O10. The van der Waals surface area contributed by atoms with Crippen LogP contribution in [0.5, 0.6) is 0 Å². The molecule has 10 nitrogen and oxygen atoms in total. The molecule has 6 N–H and O–H groups in total. The summed E-state index contributed by atoms with van der Waals surface area (Å²) in [5.74, 6) is -1.98. The SMILES string of the molecule is CC1(C)CC[C@]2(C(=O)O)[C@H](O)C[C@]3(C)C(=CC[C@@H]4[C@@]5(C)CC[C@H](OC6OC(C(=O)O)C(O)C(O)C6O)C(C)(C)[C@@H]5CC[C@]43C)[C@@H]2C1. The van der Waals surface area contributed by atoms with E-state index in [0.717, 1.165) is 38.5 Å². The number of aliphatic hydroxyl groups is 4. The fraction of sp³-hybridized carbons (Fsp3) is 0.889. The van der Waals surface area contributed by atoms with Gasteiger partial charge in [-0.1, -0.05) is 60.1 Å². The Hall–Kier alpha value is -1.56. The van der Waals surface area contributed by atoms with E-state index in [1.54, 1.807) is 0 Å². The zero-order valence-electron chi connectivity index (χ0n) is 28.5. The third-order valence-electron chi connectivity index (χ3n) is 15.1. The Bertz CT molecular complexity index is 1290. The standard InChI is InChI=1S/C36H56O10/c1-31(2)14-15-36(30(43)44)19(16-31)18-8-9-21-33(5)12-11-23(45-29-26(40)24(38)25(39)27(46-29)28(41)42)32(3,4)20(33)10-13-34(21,6)35(18,7)17-22(36)37/h8,19-27,29,37-40H,9-17H2,1-7H3,(H,41,42)(H,43,44)/t19-,20-,21+,22+,23-,24?,25?,26?,27?,29?,33-,34+,35+,36+/m0/s1. The molecule has 0 spiro atoms. The fourth-order valence-electron chi connectivity index (χ4n) is 12.3. The van der Waals surface area contributed by atoms with Crippen LogP contribution in [0.15, 0.2) is 11.6 Å². The predicted octanol–water partition coefficient (Wildman–Crippen LogP) is 4.12. The van der Waals surface area contributed by atoms with E-state index in [2.05, 4.69) is 54.5 Å². The van der Waals surface area contributed by atoms with E-state index in [0.29, 0.717) is 25.2 Å². The molecule has 0 bridgehead atoms. The third-order valence-corrected chi connectivity index (χ3v) is 15.1. The van der Waals surface area contributed by atoms with Gasteiger partial charge in [-0.15, -0.1) is 0 Å². The number of carboxylic acids is 2. The Kier molecular flexibility index (Phi) is 7.99. The number of rotatable bonds is 4. The van der Waals surface area contributed by atoms with Gasteiger partial charge in [0.05, 0.1) is 12.2 Å². The summed E-state index contributed by atoms with van der Waals surface area (Å²) in [6.45, 7) is 15.9. The Morgan fingerprint density at radius 2 is 1.50 bits per heavy atom. The number of aliphatic carboxylic acids is 2. The lowest BCUT2D eigenvalue weighted by molar-refractivity contribution is -0.324. The van der Waals surface area contributed by atoms with Crippen LogP contribution in [0.3, 0.4) is 0 Å². The van der Waals surface area contributed by atoms with Crippen LogP contribution in [-0.4, -0.2) is 85.5 Å². The summed E-state index contributed by atoms with van der Waals surface area (Å²) in [5.41, 5.74) is -0.872. The molecule has 46 heavy (non-hydrogen) atoms. The van der Waals surface area contributed by atoms with E-state index < -0.39 is 54.2 Å². The first-order chi connectivity index (χ1) is 21.2. The molecule has 5 fully saturated rings. The molecule has 1 heterocycles. The Labute approximate surface area is 272 Å². The van der Waals surface area contributed by atoms with Crippen LogP contribution < -0.4 is 0 Å². The number of allylic oxidation sites excluding steroid dienone is 2. The van der Waals surface area contributed by atoms with Crippen molar-refractivity contribution in [1.82, 2.24) is 0 Å². The Morgan fingerprint density at radius 1 is 0.826 bits per heavy atom. The molecule has 0 aromatic rings. The largest absolute Gasteiger partial charge is 0.481 e. The van der Waals surface area contributed by atoms with Crippen LogP contribution in [-0.2, 0) is 19.1 Å². The van der Waals surface area contributed by atoms with E-state index in [1.165, 1.54) is 5.57 Å². The first-order valence-corrected chi connectivity index (χ1v) is 17.4. The summed E-state index contributed by atoms with van der Waals surface area (Å²) in [4.78, 5) is 24.7. The van der Waals surface area contributed by atoms with Gasteiger partial charge in [0.15, 0.2) is 12.4 Å². The number of carboxylic acid groups (broad SMARTS) is 2. The summed E-state index contributed by atoms with van der Waals surface area (Å²) in [7, 11) is 0.